The maximum Gasteiger partial charge on any atom is 0.0244 e. The van der Waals surface area contributed by atoms with Crippen LogP contribution in [0, 0.1) is 5.92 Å². The Bertz CT molecular complexity index is 170. The Kier molecular flexibility index (Phi) is 5.62. The van der Waals surface area contributed by atoms with Gasteiger partial charge >= 0.3 is 0 Å². The summed E-state index contributed by atoms with van der Waals surface area (Å²) < 4.78 is 0. The van der Waals surface area contributed by atoms with Crippen molar-refractivity contribution in [2.75, 3.05) is 13.6 Å². The van der Waals surface area contributed by atoms with Crippen LogP contribution in [0.1, 0.15) is 52.4 Å². The van der Waals surface area contributed by atoms with Crippen LogP contribution in [-0.2, 0) is 0 Å². The molecule has 90 valence electrons. The van der Waals surface area contributed by atoms with E-state index in [9.17, 15) is 0 Å². The number of likely N-dealkylation sites (N-methyl/N-ethyl adjacent to an activating group) is 1. The lowest BCUT2D eigenvalue weighted by Gasteiger charge is -2.33. The highest BCUT2D eigenvalue weighted by Crippen LogP contribution is 2.21. The monoisotopic (exact) mass is 212 g/mol. The largest absolute Gasteiger partial charge is 0.326 e. The fourth-order valence-electron chi connectivity index (χ4n) is 2.62. The number of nitrogens with two attached hydrogens (primary N) is 1. The van der Waals surface area contributed by atoms with Crippen molar-refractivity contribution in [3.63, 3.8) is 0 Å². The summed E-state index contributed by atoms with van der Waals surface area (Å²) in [6, 6.07) is 1.03. The van der Waals surface area contributed by atoms with Crippen LogP contribution in [0.25, 0.3) is 0 Å². The zero-order valence-corrected chi connectivity index (χ0v) is 10.7. The first-order valence-electron chi connectivity index (χ1n) is 6.61. The smallest absolute Gasteiger partial charge is 0.0244 e. The molecule has 0 spiro atoms. The Morgan fingerprint density at radius 1 is 1.27 bits per heavy atom. The van der Waals surface area contributed by atoms with Crippen molar-refractivity contribution in [1.29, 1.82) is 0 Å². The van der Waals surface area contributed by atoms with Crippen LogP contribution in [0.2, 0.25) is 0 Å². The molecule has 0 bridgehead atoms. The molecule has 1 aliphatic carbocycles. The molecule has 3 atom stereocenters. The van der Waals surface area contributed by atoms with E-state index in [4.69, 9.17) is 5.73 Å². The van der Waals surface area contributed by atoms with Gasteiger partial charge in [0, 0.05) is 18.6 Å². The zero-order valence-electron chi connectivity index (χ0n) is 10.7. The molecule has 15 heavy (non-hydrogen) atoms. The van der Waals surface area contributed by atoms with Gasteiger partial charge in [-0.15, -0.1) is 0 Å². The van der Waals surface area contributed by atoms with Crippen LogP contribution in [0.15, 0.2) is 0 Å². The zero-order chi connectivity index (χ0) is 11.3. The Morgan fingerprint density at radius 2 is 1.93 bits per heavy atom. The summed E-state index contributed by atoms with van der Waals surface area (Å²) in [6.45, 7) is 5.80. The lowest BCUT2D eigenvalue weighted by Crippen LogP contribution is -2.46. The van der Waals surface area contributed by atoms with E-state index < -0.39 is 0 Å². The molecule has 2 nitrogen and oxygen atoms in total. The van der Waals surface area contributed by atoms with Gasteiger partial charge in [-0.2, -0.15) is 0 Å². The molecule has 0 radical (unpaired) electrons. The van der Waals surface area contributed by atoms with Crippen LogP contribution >= 0.6 is 0 Å². The molecule has 0 heterocycles. The topological polar surface area (TPSA) is 29.3 Å². The molecule has 0 aromatic carbocycles. The van der Waals surface area contributed by atoms with Gasteiger partial charge in [0.15, 0.2) is 0 Å². The highest BCUT2D eigenvalue weighted by atomic mass is 15.1. The summed E-state index contributed by atoms with van der Waals surface area (Å²) >= 11 is 0. The minimum atomic E-state index is 0.404. The second-order valence-electron chi connectivity index (χ2n) is 5.32. The van der Waals surface area contributed by atoms with Crippen molar-refractivity contribution in [2.45, 2.75) is 64.5 Å². The average molecular weight is 212 g/mol. The molecule has 2 heteroatoms. The van der Waals surface area contributed by atoms with Gasteiger partial charge in [-0.1, -0.05) is 39.5 Å². The summed E-state index contributed by atoms with van der Waals surface area (Å²) in [5.41, 5.74) is 6.26. The normalized spacial score (nSPS) is 30.2. The molecule has 0 saturated heterocycles. The highest BCUT2D eigenvalue weighted by Gasteiger charge is 2.24. The van der Waals surface area contributed by atoms with E-state index in [2.05, 4.69) is 25.8 Å². The molecule has 2 N–H and O–H groups in total. The van der Waals surface area contributed by atoms with E-state index in [0.29, 0.717) is 12.1 Å². The van der Waals surface area contributed by atoms with Crippen LogP contribution in [0.4, 0.5) is 0 Å². The van der Waals surface area contributed by atoms with Gasteiger partial charge in [0.05, 0.1) is 0 Å². The Balaban J connectivity index is 2.44. The highest BCUT2D eigenvalue weighted by molar-refractivity contribution is 4.83. The van der Waals surface area contributed by atoms with Crippen LogP contribution in [0.3, 0.4) is 0 Å². The number of hydrogen-bond donors (Lipinski definition) is 1. The molecule has 1 rings (SSSR count). The van der Waals surface area contributed by atoms with Gasteiger partial charge in [-0.3, -0.25) is 0 Å². The standard InChI is InChI=1S/C13H28N2/c1-4-11(2)10-15(3)13-9-7-5-6-8-12(13)14/h11-13H,4-10,14H2,1-3H3. The van der Waals surface area contributed by atoms with Gasteiger partial charge in [0.25, 0.3) is 0 Å². The summed E-state index contributed by atoms with van der Waals surface area (Å²) in [5.74, 6) is 0.797. The van der Waals surface area contributed by atoms with Gasteiger partial charge in [0.2, 0.25) is 0 Å². The molecule has 1 fully saturated rings. The third-order valence-electron chi connectivity index (χ3n) is 3.89. The van der Waals surface area contributed by atoms with Gasteiger partial charge < -0.3 is 10.6 Å². The number of rotatable bonds is 4. The van der Waals surface area contributed by atoms with Gasteiger partial charge in [0.1, 0.15) is 0 Å². The molecular weight excluding hydrogens is 184 g/mol. The number of hydrogen-bond acceptors (Lipinski definition) is 2. The first kappa shape index (κ1) is 13.0. The minimum Gasteiger partial charge on any atom is -0.326 e. The summed E-state index contributed by atoms with van der Waals surface area (Å²) in [5, 5.41) is 0. The van der Waals surface area contributed by atoms with Crippen LogP contribution in [0.5, 0.6) is 0 Å². The lowest BCUT2D eigenvalue weighted by atomic mass is 10.0. The first-order valence-corrected chi connectivity index (χ1v) is 6.61. The number of nitrogens with zero attached hydrogens (tertiary/aromatic N) is 1. The van der Waals surface area contributed by atoms with E-state index >= 15 is 0 Å². The minimum absolute atomic E-state index is 0.404. The fourth-order valence-corrected chi connectivity index (χ4v) is 2.62. The van der Waals surface area contributed by atoms with Gasteiger partial charge in [-0.25, -0.2) is 0 Å². The Hall–Kier alpha value is -0.0800. The van der Waals surface area contributed by atoms with E-state index in [1.807, 2.05) is 0 Å². The van der Waals surface area contributed by atoms with Gasteiger partial charge in [-0.05, 0) is 25.8 Å². The van der Waals surface area contributed by atoms with Crippen molar-refractivity contribution >= 4 is 0 Å². The van der Waals surface area contributed by atoms with Crippen molar-refractivity contribution in [3.8, 4) is 0 Å². The second kappa shape index (κ2) is 6.49. The maximum absolute atomic E-state index is 6.26. The lowest BCUT2D eigenvalue weighted by molar-refractivity contribution is 0.176. The SMILES string of the molecule is CCC(C)CN(C)C1CCCCCC1N. The third kappa shape index (κ3) is 4.12. The summed E-state index contributed by atoms with van der Waals surface area (Å²) in [4.78, 5) is 2.50. The molecule has 0 aliphatic heterocycles. The van der Waals surface area contributed by atoms with Crippen molar-refractivity contribution in [2.24, 2.45) is 11.7 Å². The van der Waals surface area contributed by atoms with Crippen LogP contribution < -0.4 is 5.73 Å². The van der Waals surface area contributed by atoms with E-state index in [1.54, 1.807) is 0 Å². The molecule has 1 aliphatic rings. The van der Waals surface area contributed by atoms with Crippen LogP contribution in [-0.4, -0.2) is 30.6 Å². The predicted octanol–water partition coefficient (Wildman–Crippen LogP) is 2.62. The maximum atomic E-state index is 6.26. The third-order valence-corrected chi connectivity index (χ3v) is 3.89. The predicted molar refractivity (Wildman–Crippen MR) is 66.9 cm³/mol. The van der Waals surface area contributed by atoms with E-state index in [1.165, 1.54) is 45.1 Å². The summed E-state index contributed by atoms with van der Waals surface area (Å²) in [7, 11) is 2.25. The van der Waals surface area contributed by atoms with E-state index in [-0.39, 0.29) is 0 Å². The fraction of sp³-hybridized carbons (Fsp3) is 1.00. The Labute approximate surface area is 95.2 Å². The van der Waals surface area contributed by atoms with E-state index in [0.717, 1.165) is 5.92 Å². The first-order chi connectivity index (χ1) is 7.15. The van der Waals surface area contributed by atoms with Crippen molar-refractivity contribution in [1.82, 2.24) is 4.90 Å². The molecule has 3 unspecified atom stereocenters. The molecule has 0 amide bonds. The second-order valence-corrected chi connectivity index (χ2v) is 5.32. The average Bonchev–Trinajstić information content (AvgIpc) is 2.42. The quantitative estimate of drug-likeness (QED) is 0.726. The summed E-state index contributed by atoms with van der Waals surface area (Å²) in [6.07, 6.45) is 7.86. The van der Waals surface area contributed by atoms with Crippen molar-refractivity contribution in [3.05, 3.63) is 0 Å². The molecule has 0 aromatic rings. The van der Waals surface area contributed by atoms with Crippen molar-refractivity contribution < 1.29 is 0 Å². The Morgan fingerprint density at radius 3 is 2.60 bits per heavy atom. The molecule has 0 aromatic heterocycles. The molecule has 1 saturated carbocycles. The molecular formula is C13H28N2.